The summed E-state index contributed by atoms with van der Waals surface area (Å²) in [6.45, 7) is 0.439. The van der Waals surface area contributed by atoms with Gasteiger partial charge in [-0.3, -0.25) is 14.4 Å². The van der Waals surface area contributed by atoms with Crippen LogP contribution in [0.2, 0.25) is 0 Å². The van der Waals surface area contributed by atoms with Gasteiger partial charge in [-0.1, -0.05) is 6.08 Å². The van der Waals surface area contributed by atoms with Gasteiger partial charge < -0.3 is 53.4 Å². The number of guanidine groups is 1. The highest BCUT2D eigenvalue weighted by Crippen LogP contribution is 2.31. The fraction of sp³-hybridized carbons (Fsp3) is 0.526. The summed E-state index contributed by atoms with van der Waals surface area (Å²) in [5.41, 5.74) is 18.4. The van der Waals surface area contributed by atoms with E-state index in [0.717, 1.165) is 4.57 Å². The number of aliphatic hydroxyl groups is 3. The molecule has 6 atom stereocenters. The second-order valence-corrected chi connectivity index (χ2v) is 8.01. The molecule has 0 saturated heterocycles. The van der Waals surface area contributed by atoms with Gasteiger partial charge in [-0.05, 0) is 13.0 Å². The zero-order chi connectivity index (χ0) is 26.5. The number of carbonyl (C=O) groups is 2. The van der Waals surface area contributed by atoms with Crippen molar-refractivity contribution in [3.05, 3.63) is 34.4 Å². The topological polar surface area (TPSA) is 288 Å². The van der Waals surface area contributed by atoms with E-state index in [1.54, 1.807) is 6.92 Å². The normalized spacial score (nSPS) is 23.1. The van der Waals surface area contributed by atoms with Crippen molar-refractivity contribution in [3.63, 3.8) is 0 Å². The highest BCUT2D eigenvalue weighted by molar-refractivity contribution is 5.83. The molecule has 1 aromatic heterocycles. The average molecular weight is 498 g/mol. The Morgan fingerprint density at radius 2 is 2.03 bits per heavy atom. The van der Waals surface area contributed by atoms with Gasteiger partial charge in [0, 0.05) is 18.2 Å². The van der Waals surface area contributed by atoms with Gasteiger partial charge in [-0.25, -0.2) is 9.59 Å². The number of nitrogens with two attached hydrogens (primary N) is 4. The molecule has 1 aliphatic heterocycles. The number of nitrogen functional groups attached to an aromatic ring is 1. The Hall–Kier alpha value is -3.57. The summed E-state index contributed by atoms with van der Waals surface area (Å²) < 4.78 is 6.78. The second-order valence-electron chi connectivity index (χ2n) is 8.01. The molecule has 0 aliphatic carbocycles. The predicted molar refractivity (Wildman–Crippen MR) is 122 cm³/mol. The van der Waals surface area contributed by atoms with Crippen LogP contribution in [0.4, 0.5) is 5.82 Å². The number of nitrogens with zero attached hydrogens (tertiary/aromatic N) is 3. The first-order valence-electron chi connectivity index (χ1n) is 10.3. The molecule has 1 aliphatic rings. The summed E-state index contributed by atoms with van der Waals surface area (Å²) in [5, 5.41) is 42.8. The summed E-state index contributed by atoms with van der Waals surface area (Å²) in [4.78, 5) is 44.1. The number of aliphatic carboxylic acids is 1. The zero-order valence-electron chi connectivity index (χ0n) is 18.8. The van der Waals surface area contributed by atoms with Crippen molar-refractivity contribution in [2.45, 2.75) is 49.5 Å². The minimum Gasteiger partial charge on any atom is -0.479 e. The molecule has 194 valence electrons. The number of aliphatic imine (C=N–C) groups is 1. The molecule has 6 unspecified atom stereocenters. The molecule has 0 radical (unpaired) electrons. The van der Waals surface area contributed by atoms with Gasteiger partial charge in [0.15, 0.2) is 17.8 Å². The molecule has 0 saturated carbocycles. The largest absolute Gasteiger partial charge is 0.479 e. The Bertz CT molecular complexity index is 1060. The molecule has 0 aromatic carbocycles. The van der Waals surface area contributed by atoms with Crippen molar-refractivity contribution in [1.82, 2.24) is 14.9 Å². The number of carbonyl (C=O) groups excluding carboxylic acids is 1. The van der Waals surface area contributed by atoms with Crippen LogP contribution >= 0.6 is 0 Å². The highest BCUT2D eigenvalue weighted by Gasteiger charge is 2.52. The van der Waals surface area contributed by atoms with Gasteiger partial charge in [0.1, 0.15) is 18.0 Å². The van der Waals surface area contributed by atoms with Crippen LogP contribution in [0.5, 0.6) is 0 Å². The minimum atomic E-state index is -2.82. The first-order valence-corrected chi connectivity index (χ1v) is 10.3. The first kappa shape index (κ1) is 27.7. The Labute approximate surface area is 198 Å². The minimum absolute atomic E-state index is 0.0179. The maximum atomic E-state index is 12.4. The van der Waals surface area contributed by atoms with E-state index < -0.39 is 73.3 Å². The van der Waals surface area contributed by atoms with E-state index in [2.05, 4.69) is 15.3 Å². The SMILES string of the molecule is Cc1cn(C2C=CC(NC(=O)C(N)CO)C(C(O)(CC(O)CN=C(N)N)C(=O)O)O2)c(=O)nc1N. The van der Waals surface area contributed by atoms with Crippen molar-refractivity contribution in [2.24, 2.45) is 22.2 Å². The molecular formula is C19H30N8O8. The second kappa shape index (κ2) is 11.2. The number of hydrogen-bond donors (Lipinski definition) is 9. The van der Waals surface area contributed by atoms with Gasteiger partial charge in [-0.2, -0.15) is 4.98 Å². The van der Waals surface area contributed by atoms with Crippen LogP contribution in [0.1, 0.15) is 18.2 Å². The summed E-state index contributed by atoms with van der Waals surface area (Å²) >= 11 is 0. The van der Waals surface area contributed by atoms with E-state index in [1.165, 1.54) is 18.3 Å². The van der Waals surface area contributed by atoms with E-state index in [0.29, 0.717) is 5.56 Å². The van der Waals surface area contributed by atoms with E-state index in [-0.39, 0.29) is 11.8 Å². The predicted octanol–water partition coefficient (Wildman–Crippen LogP) is -4.77. The number of carboxylic acids is 1. The quantitative estimate of drug-likeness (QED) is 0.0832. The van der Waals surface area contributed by atoms with Crippen LogP contribution in [0.3, 0.4) is 0 Å². The fourth-order valence-electron chi connectivity index (χ4n) is 3.36. The van der Waals surface area contributed by atoms with Gasteiger partial charge >= 0.3 is 11.7 Å². The number of aromatic nitrogens is 2. The number of aryl methyl sites for hydroxylation is 1. The maximum Gasteiger partial charge on any atom is 0.351 e. The number of nitrogens with one attached hydrogen (secondary N) is 1. The third kappa shape index (κ3) is 6.52. The molecule has 35 heavy (non-hydrogen) atoms. The first-order chi connectivity index (χ1) is 16.3. The number of rotatable bonds is 10. The van der Waals surface area contributed by atoms with Crippen molar-refractivity contribution < 1.29 is 34.8 Å². The van der Waals surface area contributed by atoms with Crippen molar-refractivity contribution in [3.8, 4) is 0 Å². The summed E-state index contributed by atoms with van der Waals surface area (Å²) in [7, 11) is 0. The standard InChI is InChI=1S/C19H30N8O8/c1-8-6-27(18(33)26-14(8)21)12-3-2-11(25-15(30)10(20)7-28)13(35-12)19(34,16(31)32)4-9(29)5-24-17(22)23/h2-3,6,9-13,28-29,34H,4-5,7,20H2,1H3,(H,25,30)(H,31,32)(H2,21,26,33)(H4,22,23,24). The number of anilines is 1. The average Bonchev–Trinajstić information content (AvgIpc) is 2.79. The lowest BCUT2D eigenvalue weighted by molar-refractivity contribution is -0.197. The monoisotopic (exact) mass is 498 g/mol. The van der Waals surface area contributed by atoms with E-state index in [9.17, 15) is 29.7 Å². The Balaban J connectivity index is 2.50. The lowest BCUT2D eigenvalue weighted by Gasteiger charge is -2.41. The molecule has 0 spiro atoms. The third-order valence-electron chi connectivity index (χ3n) is 5.26. The lowest BCUT2D eigenvalue weighted by Crippen LogP contribution is -2.63. The van der Waals surface area contributed by atoms with Crippen LogP contribution in [0.25, 0.3) is 0 Å². The zero-order valence-corrected chi connectivity index (χ0v) is 18.8. The van der Waals surface area contributed by atoms with Crippen LogP contribution < -0.4 is 33.9 Å². The third-order valence-corrected chi connectivity index (χ3v) is 5.26. The van der Waals surface area contributed by atoms with Gasteiger partial charge in [0.05, 0.1) is 25.3 Å². The number of ether oxygens (including phenoxy) is 1. The van der Waals surface area contributed by atoms with Crippen molar-refractivity contribution in [2.75, 3.05) is 18.9 Å². The number of amides is 1. The smallest absolute Gasteiger partial charge is 0.351 e. The van der Waals surface area contributed by atoms with Gasteiger partial charge in [0.2, 0.25) is 5.91 Å². The molecule has 1 aromatic rings. The fourth-order valence-corrected chi connectivity index (χ4v) is 3.36. The van der Waals surface area contributed by atoms with Gasteiger partial charge in [0.25, 0.3) is 0 Å². The molecule has 13 N–H and O–H groups in total. The van der Waals surface area contributed by atoms with Crippen LogP contribution in [-0.2, 0) is 14.3 Å². The highest BCUT2D eigenvalue weighted by atomic mass is 16.5. The molecule has 16 nitrogen and oxygen atoms in total. The molecule has 2 rings (SSSR count). The molecule has 16 heteroatoms. The van der Waals surface area contributed by atoms with E-state index in [4.69, 9.17) is 32.8 Å². The van der Waals surface area contributed by atoms with E-state index >= 15 is 0 Å². The summed E-state index contributed by atoms with van der Waals surface area (Å²) in [5.74, 6) is -3.06. The van der Waals surface area contributed by atoms with Crippen molar-refractivity contribution >= 4 is 23.7 Å². The Morgan fingerprint density at radius 1 is 1.37 bits per heavy atom. The number of carboxylic acid groups (broad SMARTS) is 1. The Kier molecular flexibility index (Phi) is 8.88. The maximum absolute atomic E-state index is 12.4. The summed E-state index contributed by atoms with van der Waals surface area (Å²) in [6.07, 6.45) is -1.45. The molecule has 2 heterocycles. The van der Waals surface area contributed by atoms with Crippen LogP contribution in [0.15, 0.2) is 28.1 Å². The number of hydrogen-bond acceptors (Lipinski definition) is 11. The van der Waals surface area contributed by atoms with Crippen LogP contribution in [-0.4, -0.2) is 90.9 Å². The number of aliphatic hydroxyl groups excluding tert-OH is 2. The van der Waals surface area contributed by atoms with Crippen molar-refractivity contribution in [1.29, 1.82) is 0 Å². The molecule has 0 bridgehead atoms. The lowest BCUT2D eigenvalue weighted by atomic mass is 9.84. The Morgan fingerprint density at radius 3 is 2.60 bits per heavy atom. The molecule has 1 amide bonds. The molecular weight excluding hydrogens is 468 g/mol. The summed E-state index contributed by atoms with van der Waals surface area (Å²) in [6, 6.07) is -2.65. The van der Waals surface area contributed by atoms with Gasteiger partial charge in [-0.15, -0.1) is 0 Å². The van der Waals surface area contributed by atoms with Crippen LogP contribution in [0, 0.1) is 6.92 Å². The molecule has 0 fully saturated rings. The van der Waals surface area contributed by atoms with E-state index in [1.807, 2.05) is 0 Å².